The molecule has 0 atom stereocenters. The molecule has 26 heavy (non-hydrogen) atoms. The van der Waals surface area contributed by atoms with E-state index in [2.05, 4.69) is 16.9 Å². The molecule has 0 saturated heterocycles. The number of hydrogen-bond acceptors (Lipinski definition) is 3. The molecule has 132 valence electrons. The first-order valence-electron chi connectivity index (χ1n) is 8.40. The Hall–Kier alpha value is -2.79. The first kappa shape index (κ1) is 16.7. The Morgan fingerprint density at radius 1 is 1.19 bits per heavy atom. The van der Waals surface area contributed by atoms with Crippen molar-refractivity contribution in [2.24, 2.45) is 0 Å². The largest absolute Gasteiger partial charge is 0.510 e. The minimum atomic E-state index is 0.163. The molecule has 0 fully saturated rings. The summed E-state index contributed by atoms with van der Waals surface area (Å²) in [4.78, 5) is 9.65. The number of hydrogen-bond donors (Lipinski definition) is 3. The maximum Gasteiger partial charge on any atom is 0.145 e. The summed E-state index contributed by atoms with van der Waals surface area (Å²) in [6, 6.07) is 11.6. The molecule has 0 aliphatic carbocycles. The molecule has 0 amide bonds. The van der Waals surface area contributed by atoms with E-state index >= 15 is 0 Å². The minimum absolute atomic E-state index is 0.163. The van der Waals surface area contributed by atoms with Crippen LogP contribution in [0.4, 0.5) is 0 Å². The Morgan fingerprint density at radius 2 is 1.88 bits per heavy atom. The van der Waals surface area contributed by atoms with Gasteiger partial charge in [-0.3, -0.25) is 5.41 Å². The minimum Gasteiger partial charge on any atom is -0.510 e. The summed E-state index contributed by atoms with van der Waals surface area (Å²) >= 11 is 5.93. The van der Waals surface area contributed by atoms with E-state index in [0.717, 1.165) is 16.6 Å². The monoisotopic (exact) mass is 366 g/mol. The van der Waals surface area contributed by atoms with Crippen molar-refractivity contribution in [1.82, 2.24) is 14.9 Å². The van der Waals surface area contributed by atoms with Gasteiger partial charge in [0.15, 0.2) is 0 Å². The molecule has 1 aliphatic heterocycles. The van der Waals surface area contributed by atoms with E-state index in [1.165, 1.54) is 11.1 Å². The van der Waals surface area contributed by atoms with Crippen molar-refractivity contribution >= 4 is 34.0 Å². The second-order valence-corrected chi connectivity index (χ2v) is 7.13. The molecule has 0 bridgehead atoms. The van der Waals surface area contributed by atoms with Gasteiger partial charge in [-0.2, -0.15) is 0 Å². The van der Waals surface area contributed by atoms with Gasteiger partial charge >= 0.3 is 0 Å². The molecule has 3 aromatic rings. The number of H-pyrrole nitrogens is 1. The topological polar surface area (TPSA) is 76.0 Å². The number of nitrogens with zero attached hydrogens (tertiary/aromatic N) is 2. The molecular weight excluding hydrogens is 348 g/mol. The van der Waals surface area contributed by atoms with Gasteiger partial charge in [-0.1, -0.05) is 23.7 Å². The molecule has 5 nitrogen and oxygen atoms in total. The molecule has 4 rings (SSSR count). The van der Waals surface area contributed by atoms with Gasteiger partial charge in [-0.25, -0.2) is 4.98 Å². The number of imidazole rings is 1. The Kier molecular flexibility index (Phi) is 3.96. The zero-order chi connectivity index (χ0) is 18.4. The number of benzene rings is 2. The van der Waals surface area contributed by atoms with E-state index in [1.54, 1.807) is 0 Å². The first-order chi connectivity index (χ1) is 12.4. The van der Waals surface area contributed by atoms with Crippen LogP contribution in [0.15, 0.2) is 42.2 Å². The maximum absolute atomic E-state index is 10.5. The van der Waals surface area contributed by atoms with E-state index in [-0.39, 0.29) is 11.6 Å². The van der Waals surface area contributed by atoms with Crippen LogP contribution in [0.25, 0.3) is 16.6 Å². The van der Waals surface area contributed by atoms with Gasteiger partial charge in [0, 0.05) is 11.6 Å². The van der Waals surface area contributed by atoms with Gasteiger partial charge in [0.1, 0.15) is 17.4 Å². The molecule has 2 heterocycles. The van der Waals surface area contributed by atoms with Crippen LogP contribution in [0.1, 0.15) is 22.5 Å². The SMILES string of the molecule is Cc1cc2nc(C3=C(O)CN(Cc4ccc(Cl)cc4)C3=N)[nH]c2cc1C. The zero-order valence-electron chi connectivity index (χ0n) is 14.6. The number of aromatic nitrogens is 2. The highest BCUT2D eigenvalue weighted by Crippen LogP contribution is 2.29. The third-order valence-corrected chi connectivity index (χ3v) is 5.06. The summed E-state index contributed by atoms with van der Waals surface area (Å²) in [6.07, 6.45) is 0. The van der Waals surface area contributed by atoms with Crippen LogP contribution in [-0.2, 0) is 6.54 Å². The van der Waals surface area contributed by atoms with Crippen molar-refractivity contribution in [3.63, 3.8) is 0 Å². The number of rotatable bonds is 3. The summed E-state index contributed by atoms with van der Waals surface area (Å²) in [6.45, 7) is 4.93. The highest BCUT2D eigenvalue weighted by atomic mass is 35.5. The smallest absolute Gasteiger partial charge is 0.145 e. The Bertz CT molecular complexity index is 1010. The molecule has 1 aromatic heterocycles. The van der Waals surface area contributed by atoms with Crippen LogP contribution >= 0.6 is 11.6 Å². The lowest BCUT2D eigenvalue weighted by molar-refractivity contribution is 0.347. The van der Waals surface area contributed by atoms with Gasteiger partial charge < -0.3 is 15.0 Å². The average molecular weight is 367 g/mol. The van der Waals surface area contributed by atoms with Crippen LogP contribution in [0.2, 0.25) is 5.02 Å². The van der Waals surface area contributed by atoms with Gasteiger partial charge in [-0.05, 0) is 54.8 Å². The molecule has 0 spiro atoms. The third kappa shape index (κ3) is 2.84. The van der Waals surface area contributed by atoms with Crippen LogP contribution in [0, 0.1) is 19.3 Å². The number of aliphatic hydroxyl groups excluding tert-OH is 1. The predicted octanol–water partition coefficient (Wildman–Crippen LogP) is 4.60. The Morgan fingerprint density at radius 3 is 2.62 bits per heavy atom. The van der Waals surface area contributed by atoms with Crippen molar-refractivity contribution in [2.45, 2.75) is 20.4 Å². The lowest BCUT2D eigenvalue weighted by Gasteiger charge is -2.18. The van der Waals surface area contributed by atoms with Crippen LogP contribution in [0.5, 0.6) is 0 Å². The fourth-order valence-electron chi connectivity index (χ4n) is 3.22. The second kappa shape index (κ2) is 6.18. The maximum atomic E-state index is 10.5. The first-order valence-corrected chi connectivity index (χ1v) is 8.78. The quantitative estimate of drug-likeness (QED) is 0.634. The number of nitrogens with one attached hydrogen (secondary N) is 2. The summed E-state index contributed by atoms with van der Waals surface area (Å²) < 4.78 is 0. The number of fused-ring (bicyclic) bond motifs is 1. The summed E-state index contributed by atoms with van der Waals surface area (Å²) in [5.41, 5.74) is 5.59. The van der Waals surface area contributed by atoms with E-state index in [4.69, 9.17) is 17.0 Å². The number of aromatic amines is 1. The molecule has 0 unspecified atom stereocenters. The van der Waals surface area contributed by atoms with Gasteiger partial charge in [0.05, 0.1) is 23.2 Å². The molecule has 0 saturated carbocycles. The van der Waals surface area contributed by atoms with E-state index in [9.17, 15) is 5.11 Å². The Balaban J connectivity index is 1.63. The normalized spacial score (nSPS) is 14.7. The molecule has 0 radical (unpaired) electrons. The van der Waals surface area contributed by atoms with Crippen LogP contribution < -0.4 is 0 Å². The number of aliphatic hydroxyl groups is 1. The van der Waals surface area contributed by atoms with E-state index in [0.29, 0.717) is 29.5 Å². The van der Waals surface area contributed by atoms with Crippen molar-refractivity contribution in [1.29, 1.82) is 5.41 Å². The second-order valence-electron chi connectivity index (χ2n) is 6.69. The van der Waals surface area contributed by atoms with Gasteiger partial charge in [0.2, 0.25) is 0 Å². The van der Waals surface area contributed by atoms with Gasteiger partial charge in [-0.15, -0.1) is 0 Å². The number of amidine groups is 1. The summed E-state index contributed by atoms with van der Waals surface area (Å²) in [7, 11) is 0. The lowest BCUT2D eigenvalue weighted by atomic mass is 10.1. The molecule has 2 aromatic carbocycles. The van der Waals surface area contributed by atoms with E-state index in [1.807, 2.05) is 48.2 Å². The fourth-order valence-corrected chi connectivity index (χ4v) is 3.34. The highest BCUT2D eigenvalue weighted by Gasteiger charge is 2.30. The van der Waals surface area contributed by atoms with Crippen molar-refractivity contribution in [3.8, 4) is 0 Å². The fraction of sp³-hybridized carbons (Fsp3) is 0.200. The number of halogens is 1. The Labute approximate surface area is 156 Å². The van der Waals surface area contributed by atoms with Crippen LogP contribution in [-0.4, -0.2) is 32.4 Å². The summed E-state index contributed by atoms with van der Waals surface area (Å²) in [5, 5.41) is 19.6. The lowest BCUT2D eigenvalue weighted by Crippen LogP contribution is -2.26. The van der Waals surface area contributed by atoms with E-state index < -0.39 is 0 Å². The average Bonchev–Trinajstić information content (AvgIpc) is 3.10. The number of aryl methyl sites for hydroxylation is 2. The highest BCUT2D eigenvalue weighted by molar-refractivity contribution is 6.30. The van der Waals surface area contributed by atoms with Crippen molar-refractivity contribution in [2.75, 3.05) is 6.54 Å². The predicted molar refractivity (Wildman–Crippen MR) is 105 cm³/mol. The van der Waals surface area contributed by atoms with Gasteiger partial charge in [0.25, 0.3) is 0 Å². The zero-order valence-corrected chi connectivity index (χ0v) is 15.4. The van der Waals surface area contributed by atoms with Crippen molar-refractivity contribution in [3.05, 3.63) is 69.7 Å². The van der Waals surface area contributed by atoms with Crippen LogP contribution in [0.3, 0.4) is 0 Å². The summed E-state index contributed by atoms with van der Waals surface area (Å²) in [5.74, 6) is 0.965. The molecule has 3 N–H and O–H groups in total. The molecular formula is C20H19ClN4O. The standard InChI is InChI=1S/C20H19ClN4O/c1-11-7-15-16(8-12(11)2)24-20(23-15)18-17(26)10-25(19(18)22)9-13-3-5-14(21)6-4-13/h3-8,22,26H,9-10H2,1-2H3,(H,23,24). The van der Waals surface area contributed by atoms with Crippen molar-refractivity contribution < 1.29 is 5.11 Å². The third-order valence-electron chi connectivity index (χ3n) is 4.80. The molecule has 6 heteroatoms. The molecule has 1 aliphatic rings.